The largest absolute Gasteiger partial charge is 0.478 e. The van der Waals surface area contributed by atoms with Gasteiger partial charge in [0.25, 0.3) is 0 Å². The molecular formula is C44H71N11O21. The zero-order valence-electron chi connectivity index (χ0n) is 42.0. The van der Waals surface area contributed by atoms with Crippen LogP contribution in [0.1, 0.15) is 20.3 Å². The Labute approximate surface area is 436 Å². The fourth-order valence-electron chi connectivity index (χ4n) is 7.23. The van der Waals surface area contributed by atoms with Crippen LogP contribution in [0.2, 0.25) is 0 Å². The molecule has 0 aromatic rings. The lowest BCUT2D eigenvalue weighted by molar-refractivity contribution is -0.158. The predicted molar refractivity (Wildman–Crippen MR) is 261 cm³/mol. The second kappa shape index (κ2) is 35.4. The number of rotatable bonds is 37. The quantitative estimate of drug-likeness (QED) is 0.0119. The normalized spacial score (nSPS) is 20.4. The summed E-state index contributed by atoms with van der Waals surface area (Å²) in [6.45, 7) is -0.606. The van der Waals surface area contributed by atoms with Crippen LogP contribution in [0, 0.1) is 12.3 Å². The first-order valence-corrected chi connectivity index (χ1v) is 23.5. The Morgan fingerprint density at radius 2 is 1.05 bits per heavy atom. The standard InChI is InChI=1S/C44H71N11O21/c1-4-10-69-12-14-71-16-17-72-15-13-70-11-5-34(64)55(8-6-49-32(62)22-73-37(28(60)20-56)39-35(51-24(2)58)26(53-43(45)46)18-30(75-39)41(65)66)9-7-50-33(63)23-74-38(29(61)21-57)40-36(52-25(3)59)27(54-44(47)48)19-31(76-40)42(67)68/h1,18-19,26-29,35-40,56-57,60-61H,5-17,20-23H2,2-3H3,(H,49,62)(H,50,63)(H,51,58)(H,52,59)(H,65,66)(H,67,68)(H4,45,46,53)(H4,47,48,54)/t26-,27-,28+,29+,35+,36?,37+,38+,39+,40+/m0/s1. The number of guanidine groups is 2. The van der Waals surface area contributed by atoms with Crippen LogP contribution in [0.5, 0.6) is 0 Å². The van der Waals surface area contributed by atoms with E-state index in [1.807, 2.05) is 0 Å². The molecule has 2 heterocycles. The van der Waals surface area contributed by atoms with Crippen molar-refractivity contribution in [3.63, 3.8) is 0 Å². The van der Waals surface area contributed by atoms with Crippen LogP contribution < -0.4 is 44.2 Å². The fraction of sp³-hybridized carbons (Fsp3) is 0.659. The van der Waals surface area contributed by atoms with Gasteiger partial charge in [-0.15, -0.1) is 6.42 Å². The fourth-order valence-corrected chi connectivity index (χ4v) is 7.23. The Bertz CT molecular complexity index is 1950. The minimum absolute atomic E-state index is 0.0671. The molecule has 5 amide bonds. The van der Waals surface area contributed by atoms with Gasteiger partial charge in [-0.3, -0.25) is 24.0 Å². The number of aliphatic hydroxyl groups is 4. The van der Waals surface area contributed by atoms with Crippen molar-refractivity contribution in [1.82, 2.24) is 26.2 Å². The molecule has 0 aromatic heterocycles. The molecule has 18 N–H and O–H groups in total. The number of aliphatic carboxylic acids is 2. The molecule has 76 heavy (non-hydrogen) atoms. The first-order valence-electron chi connectivity index (χ1n) is 23.5. The molecule has 2 aliphatic heterocycles. The van der Waals surface area contributed by atoms with Gasteiger partial charge in [-0.25, -0.2) is 19.6 Å². The van der Waals surface area contributed by atoms with Gasteiger partial charge >= 0.3 is 11.9 Å². The number of nitrogens with zero attached hydrogens (tertiary/aromatic N) is 3. The van der Waals surface area contributed by atoms with E-state index in [9.17, 15) is 64.2 Å². The van der Waals surface area contributed by atoms with Crippen LogP contribution >= 0.6 is 0 Å². The van der Waals surface area contributed by atoms with Gasteiger partial charge < -0.3 is 118 Å². The van der Waals surface area contributed by atoms with Crippen LogP contribution in [0.25, 0.3) is 0 Å². The molecule has 0 spiro atoms. The summed E-state index contributed by atoms with van der Waals surface area (Å²) >= 11 is 0. The molecule has 0 radical (unpaired) electrons. The van der Waals surface area contributed by atoms with Crippen molar-refractivity contribution in [1.29, 1.82) is 0 Å². The van der Waals surface area contributed by atoms with E-state index < -0.39 is 152 Å². The van der Waals surface area contributed by atoms with E-state index in [-0.39, 0.29) is 72.2 Å². The number of aliphatic hydroxyl groups excluding tert-OH is 4. The number of amides is 5. The van der Waals surface area contributed by atoms with Crippen LogP contribution in [-0.4, -0.2) is 255 Å². The summed E-state index contributed by atoms with van der Waals surface area (Å²) in [5.74, 6) is -6.66. The number of ether oxygens (including phenoxy) is 8. The Morgan fingerprint density at radius 1 is 0.671 bits per heavy atom. The summed E-state index contributed by atoms with van der Waals surface area (Å²) in [5, 5.41) is 70.8. The third-order valence-corrected chi connectivity index (χ3v) is 10.5. The Morgan fingerprint density at radius 3 is 1.39 bits per heavy atom. The van der Waals surface area contributed by atoms with Gasteiger partial charge in [0.15, 0.2) is 24.1 Å². The predicted octanol–water partition coefficient (Wildman–Crippen LogP) is -8.36. The highest BCUT2D eigenvalue weighted by atomic mass is 16.6. The minimum Gasteiger partial charge on any atom is -0.478 e. The summed E-state index contributed by atoms with van der Waals surface area (Å²) in [5.41, 5.74) is 22.2. The second-order valence-electron chi connectivity index (χ2n) is 16.4. The van der Waals surface area contributed by atoms with E-state index in [4.69, 9.17) is 67.3 Å². The molecule has 32 nitrogen and oxygen atoms in total. The third-order valence-electron chi connectivity index (χ3n) is 10.5. The van der Waals surface area contributed by atoms with Gasteiger partial charge in [-0.1, -0.05) is 5.92 Å². The summed E-state index contributed by atoms with van der Waals surface area (Å²) < 4.78 is 43.9. The summed E-state index contributed by atoms with van der Waals surface area (Å²) in [6.07, 6.45) is -3.22. The minimum atomic E-state index is -1.81. The van der Waals surface area contributed by atoms with Gasteiger partial charge in [0.2, 0.25) is 41.1 Å². The van der Waals surface area contributed by atoms with Crippen LogP contribution in [-0.2, 0) is 71.5 Å². The van der Waals surface area contributed by atoms with Gasteiger partial charge in [-0.2, -0.15) is 0 Å². The van der Waals surface area contributed by atoms with E-state index in [0.717, 1.165) is 26.0 Å². The number of carboxylic acids is 2. The lowest BCUT2D eigenvalue weighted by Crippen LogP contribution is -2.60. The Balaban J connectivity index is 2.18. The summed E-state index contributed by atoms with van der Waals surface area (Å²) in [4.78, 5) is 97.3. The molecule has 32 heteroatoms. The van der Waals surface area contributed by atoms with Crippen molar-refractivity contribution in [2.24, 2.45) is 32.9 Å². The topological polar surface area (TPSA) is 495 Å². The molecule has 2 rings (SSSR count). The molecule has 10 atom stereocenters. The highest BCUT2D eigenvalue weighted by Gasteiger charge is 2.47. The Hall–Kier alpha value is -6.93. The first-order chi connectivity index (χ1) is 36.1. The van der Waals surface area contributed by atoms with Crippen molar-refractivity contribution in [2.45, 2.75) is 81.1 Å². The molecule has 0 aromatic carbocycles. The zero-order valence-corrected chi connectivity index (χ0v) is 42.0. The molecule has 0 bridgehead atoms. The van der Waals surface area contributed by atoms with Crippen LogP contribution in [0.3, 0.4) is 0 Å². The second-order valence-corrected chi connectivity index (χ2v) is 16.4. The smallest absolute Gasteiger partial charge is 0.370 e. The van der Waals surface area contributed by atoms with E-state index in [1.165, 1.54) is 4.90 Å². The van der Waals surface area contributed by atoms with Gasteiger partial charge in [0.1, 0.15) is 44.2 Å². The van der Waals surface area contributed by atoms with Gasteiger partial charge in [0.05, 0.1) is 90.1 Å². The lowest BCUT2D eigenvalue weighted by Gasteiger charge is -2.40. The van der Waals surface area contributed by atoms with Crippen LogP contribution in [0.15, 0.2) is 33.7 Å². The molecular weight excluding hydrogens is 1020 g/mol. The number of nitrogens with two attached hydrogens (primary N) is 4. The number of carboxylic acid groups (broad SMARTS) is 2. The number of carbonyl (C=O) groups is 7. The molecule has 428 valence electrons. The number of terminal acetylenes is 1. The SMILES string of the molecule is C#CCOCCOCCOCCOCCC(=O)N(CCNC(=O)CO[C@H]([C@H](O)CO)[C@@H]1OC(C(=O)O)=C[C@H](N=C(N)N)C1NC(C)=O)CCNC(=O)CO[C@@H]([C@@H]1OC(C(=O)O)=C[C@H](N=C(N)N)[C@H]1NC(C)=O)[C@H](O)CO. The number of aliphatic imine (C=N–C) groups is 2. The molecule has 0 saturated heterocycles. The van der Waals surface area contributed by atoms with E-state index in [2.05, 4.69) is 37.2 Å². The molecule has 0 saturated carbocycles. The average Bonchev–Trinajstić information content (AvgIpc) is 3.35. The van der Waals surface area contributed by atoms with Crippen molar-refractivity contribution < 1.29 is 102 Å². The lowest BCUT2D eigenvalue weighted by atomic mass is 9.92. The molecule has 0 fully saturated rings. The number of hydrogen-bond donors (Lipinski definition) is 14. The zero-order chi connectivity index (χ0) is 56.7. The number of nitrogens with one attached hydrogen (secondary N) is 4. The highest BCUT2D eigenvalue weighted by molar-refractivity contribution is 5.86. The number of hydrogen-bond acceptors (Lipinski definition) is 21. The molecule has 2 aliphatic rings. The molecule has 0 aliphatic carbocycles. The maximum Gasteiger partial charge on any atom is 0.370 e. The average molecular weight is 1090 g/mol. The Kier molecular flexibility index (Phi) is 30.3. The van der Waals surface area contributed by atoms with Gasteiger partial charge in [0, 0.05) is 40.0 Å². The summed E-state index contributed by atoms with van der Waals surface area (Å²) in [7, 11) is 0. The maximum atomic E-state index is 13.5. The monoisotopic (exact) mass is 1090 g/mol. The van der Waals surface area contributed by atoms with Crippen molar-refractivity contribution in [3.8, 4) is 12.3 Å². The van der Waals surface area contributed by atoms with Crippen molar-refractivity contribution in [2.75, 3.05) is 105 Å². The van der Waals surface area contributed by atoms with Crippen molar-refractivity contribution >= 4 is 53.4 Å². The third kappa shape index (κ3) is 24.2. The first kappa shape index (κ1) is 65.2. The highest BCUT2D eigenvalue weighted by Crippen LogP contribution is 2.28. The van der Waals surface area contributed by atoms with Crippen LogP contribution in [0.4, 0.5) is 0 Å². The summed E-state index contributed by atoms with van der Waals surface area (Å²) in [6, 6.07) is -5.10. The van der Waals surface area contributed by atoms with Gasteiger partial charge in [-0.05, 0) is 12.2 Å². The van der Waals surface area contributed by atoms with E-state index in [0.29, 0.717) is 13.2 Å². The molecule has 1 unspecified atom stereocenters. The van der Waals surface area contributed by atoms with Crippen molar-refractivity contribution in [3.05, 3.63) is 23.7 Å². The van der Waals surface area contributed by atoms with E-state index >= 15 is 0 Å². The van der Waals surface area contributed by atoms with E-state index in [1.54, 1.807) is 0 Å². The number of carbonyl (C=O) groups excluding carboxylic acids is 5. The maximum absolute atomic E-state index is 13.5.